The Kier molecular flexibility index (Phi) is 6.30. The summed E-state index contributed by atoms with van der Waals surface area (Å²) in [5.74, 6) is 0.714. The Hall–Kier alpha value is -1.72. The predicted molar refractivity (Wildman–Crippen MR) is 95.3 cm³/mol. The number of benzene rings is 2. The number of hydrogen-bond donors (Lipinski definition) is 1. The number of rotatable bonds is 5. The van der Waals surface area contributed by atoms with Gasteiger partial charge in [0.05, 0.1) is 17.3 Å². The summed E-state index contributed by atoms with van der Waals surface area (Å²) in [5.41, 5.74) is 2.46. The van der Waals surface area contributed by atoms with Crippen LogP contribution >= 0.6 is 27.5 Å². The molecule has 0 heterocycles. The molecular formula is C17H17BrClNO3. The van der Waals surface area contributed by atoms with E-state index in [4.69, 9.17) is 16.3 Å². The summed E-state index contributed by atoms with van der Waals surface area (Å²) in [5, 5.41) is 3.15. The van der Waals surface area contributed by atoms with E-state index in [0.717, 1.165) is 10.9 Å². The number of halogens is 2. The van der Waals surface area contributed by atoms with Gasteiger partial charge < -0.3 is 9.47 Å². The van der Waals surface area contributed by atoms with Crippen LogP contribution in [0, 0.1) is 0 Å². The molecule has 0 aromatic heterocycles. The molecule has 1 N–H and O–H groups in total. The molecule has 0 unspecified atom stereocenters. The first-order valence-electron chi connectivity index (χ1n) is 7.08. The molecule has 2 aromatic rings. The largest absolute Gasteiger partial charge is 0.488 e. The van der Waals surface area contributed by atoms with Crippen LogP contribution in [0.25, 0.3) is 0 Å². The number of nitrogens with one attached hydrogen (secondary N) is 1. The Balaban J connectivity index is 2.18. The lowest BCUT2D eigenvalue weighted by molar-refractivity contribution is 0.187. The smallest absolute Gasteiger partial charge is 0.411 e. The van der Waals surface area contributed by atoms with Gasteiger partial charge in [-0.15, -0.1) is 0 Å². The molecule has 2 rings (SSSR count). The molecule has 0 bridgehead atoms. The van der Waals surface area contributed by atoms with E-state index in [1.54, 1.807) is 18.2 Å². The van der Waals surface area contributed by atoms with Gasteiger partial charge >= 0.3 is 6.09 Å². The Bertz CT molecular complexity index is 706. The zero-order valence-electron chi connectivity index (χ0n) is 12.9. The summed E-state index contributed by atoms with van der Waals surface area (Å²) >= 11 is 9.73. The molecule has 0 aliphatic heterocycles. The molecule has 2 aromatic carbocycles. The molecule has 23 heavy (non-hydrogen) atoms. The quantitative estimate of drug-likeness (QED) is 0.731. The Morgan fingerprint density at radius 2 is 2.09 bits per heavy atom. The summed E-state index contributed by atoms with van der Waals surface area (Å²) in [6, 6.07) is 11.2. The summed E-state index contributed by atoms with van der Waals surface area (Å²) < 4.78 is 11.3. The second-order valence-electron chi connectivity index (χ2n) is 4.79. The van der Waals surface area contributed by atoms with Crippen LogP contribution < -0.4 is 10.1 Å². The standard InChI is InChI=1S/C17H17BrClNO3/c1-3-11-7-8-16(13(18)9-11)23-10-12-14(19)5-4-6-15(12)20-17(21)22-2/h4-9H,3,10H2,1-2H3,(H,20,21). The number of hydrogen-bond acceptors (Lipinski definition) is 3. The molecule has 0 aliphatic carbocycles. The highest BCUT2D eigenvalue weighted by molar-refractivity contribution is 9.10. The maximum absolute atomic E-state index is 11.4. The van der Waals surface area contributed by atoms with E-state index < -0.39 is 6.09 Å². The second-order valence-corrected chi connectivity index (χ2v) is 6.05. The molecule has 1 amide bonds. The molecule has 4 nitrogen and oxygen atoms in total. The van der Waals surface area contributed by atoms with Gasteiger partial charge in [0, 0.05) is 10.6 Å². The monoisotopic (exact) mass is 397 g/mol. The first-order valence-corrected chi connectivity index (χ1v) is 8.25. The van der Waals surface area contributed by atoms with Crippen LogP contribution in [0.3, 0.4) is 0 Å². The molecule has 0 fully saturated rings. The fraction of sp³-hybridized carbons (Fsp3) is 0.235. The van der Waals surface area contributed by atoms with Gasteiger partial charge in [-0.05, 0) is 52.2 Å². The fourth-order valence-corrected chi connectivity index (χ4v) is 2.78. The van der Waals surface area contributed by atoms with Gasteiger partial charge in [0.2, 0.25) is 0 Å². The van der Waals surface area contributed by atoms with Crippen molar-refractivity contribution in [3.8, 4) is 5.75 Å². The highest BCUT2D eigenvalue weighted by Gasteiger charge is 2.12. The molecule has 0 aliphatic rings. The first kappa shape index (κ1) is 17.6. The van der Waals surface area contributed by atoms with Crippen molar-refractivity contribution in [1.29, 1.82) is 0 Å². The van der Waals surface area contributed by atoms with Crippen LogP contribution in [0.15, 0.2) is 40.9 Å². The fourth-order valence-electron chi connectivity index (χ4n) is 2.01. The number of anilines is 1. The number of ether oxygens (including phenoxy) is 2. The van der Waals surface area contributed by atoms with E-state index in [2.05, 4.69) is 32.9 Å². The van der Waals surface area contributed by atoms with E-state index in [1.807, 2.05) is 18.2 Å². The number of methoxy groups -OCH3 is 1. The van der Waals surface area contributed by atoms with Crippen molar-refractivity contribution in [2.45, 2.75) is 20.0 Å². The average Bonchev–Trinajstić information content (AvgIpc) is 2.55. The van der Waals surface area contributed by atoms with Crippen molar-refractivity contribution in [1.82, 2.24) is 0 Å². The van der Waals surface area contributed by atoms with E-state index >= 15 is 0 Å². The predicted octanol–water partition coefficient (Wildman–Crippen LogP) is 5.42. The highest BCUT2D eigenvalue weighted by Crippen LogP contribution is 2.30. The molecule has 0 saturated carbocycles. The minimum Gasteiger partial charge on any atom is -0.488 e. The topological polar surface area (TPSA) is 47.6 Å². The minimum absolute atomic E-state index is 0.225. The third kappa shape index (κ3) is 4.62. The summed E-state index contributed by atoms with van der Waals surface area (Å²) in [4.78, 5) is 11.4. The van der Waals surface area contributed by atoms with Crippen LogP contribution in [0.1, 0.15) is 18.1 Å². The normalized spacial score (nSPS) is 10.3. The maximum atomic E-state index is 11.4. The van der Waals surface area contributed by atoms with Gasteiger partial charge in [-0.2, -0.15) is 0 Å². The van der Waals surface area contributed by atoms with Gasteiger partial charge in [0.15, 0.2) is 0 Å². The Morgan fingerprint density at radius 1 is 1.30 bits per heavy atom. The number of amides is 1. The van der Waals surface area contributed by atoms with Gasteiger partial charge in [-0.1, -0.05) is 30.7 Å². The molecule has 0 spiro atoms. The number of carbonyl (C=O) groups excluding carboxylic acids is 1. The van der Waals surface area contributed by atoms with Crippen LogP contribution in [-0.4, -0.2) is 13.2 Å². The van der Waals surface area contributed by atoms with Crippen molar-refractivity contribution in [2.75, 3.05) is 12.4 Å². The van der Waals surface area contributed by atoms with E-state index in [-0.39, 0.29) is 6.61 Å². The van der Waals surface area contributed by atoms with Crippen molar-refractivity contribution < 1.29 is 14.3 Å². The molecule has 0 radical (unpaired) electrons. The number of aryl methyl sites for hydroxylation is 1. The van der Waals surface area contributed by atoms with Gasteiger partial charge in [0.25, 0.3) is 0 Å². The lowest BCUT2D eigenvalue weighted by Crippen LogP contribution is -2.13. The molecular weight excluding hydrogens is 382 g/mol. The molecule has 0 saturated heterocycles. The van der Waals surface area contributed by atoms with E-state index in [9.17, 15) is 4.79 Å². The first-order chi connectivity index (χ1) is 11.0. The summed E-state index contributed by atoms with van der Waals surface area (Å²) in [6.45, 7) is 2.32. The second kappa shape index (κ2) is 8.22. The van der Waals surface area contributed by atoms with Gasteiger partial charge in [-0.3, -0.25) is 5.32 Å². The highest BCUT2D eigenvalue weighted by atomic mass is 79.9. The third-order valence-corrected chi connectivity index (χ3v) is 4.29. The van der Waals surface area contributed by atoms with E-state index in [0.29, 0.717) is 22.0 Å². The van der Waals surface area contributed by atoms with Crippen LogP contribution in [0.2, 0.25) is 5.02 Å². The van der Waals surface area contributed by atoms with Gasteiger partial charge in [-0.25, -0.2) is 4.79 Å². The maximum Gasteiger partial charge on any atom is 0.411 e. The van der Waals surface area contributed by atoms with Crippen molar-refractivity contribution >= 4 is 39.3 Å². The lowest BCUT2D eigenvalue weighted by Gasteiger charge is -2.14. The molecule has 0 atom stereocenters. The summed E-state index contributed by atoms with van der Waals surface area (Å²) in [7, 11) is 1.31. The van der Waals surface area contributed by atoms with Gasteiger partial charge in [0.1, 0.15) is 12.4 Å². The van der Waals surface area contributed by atoms with E-state index in [1.165, 1.54) is 12.7 Å². The Labute approximate surface area is 148 Å². The van der Waals surface area contributed by atoms with Crippen LogP contribution in [-0.2, 0) is 17.8 Å². The summed E-state index contributed by atoms with van der Waals surface area (Å²) in [6.07, 6.45) is 0.401. The average molecular weight is 399 g/mol. The van der Waals surface area contributed by atoms with Crippen molar-refractivity contribution in [2.24, 2.45) is 0 Å². The minimum atomic E-state index is -0.554. The third-order valence-electron chi connectivity index (χ3n) is 3.32. The van der Waals surface area contributed by atoms with Crippen molar-refractivity contribution in [3.63, 3.8) is 0 Å². The zero-order chi connectivity index (χ0) is 16.8. The van der Waals surface area contributed by atoms with Crippen molar-refractivity contribution in [3.05, 3.63) is 57.0 Å². The molecule has 122 valence electrons. The SMILES string of the molecule is CCc1ccc(OCc2c(Cl)cccc2NC(=O)OC)c(Br)c1. The number of carbonyl (C=O) groups is 1. The van der Waals surface area contributed by atoms with Crippen LogP contribution in [0.5, 0.6) is 5.75 Å². The molecule has 6 heteroatoms. The van der Waals surface area contributed by atoms with Crippen LogP contribution in [0.4, 0.5) is 10.5 Å². The Morgan fingerprint density at radius 3 is 2.74 bits per heavy atom. The zero-order valence-corrected chi connectivity index (χ0v) is 15.2. The lowest BCUT2D eigenvalue weighted by atomic mass is 10.1.